The number of aryl methyl sites for hydroxylation is 1. The second-order valence-corrected chi connectivity index (χ2v) is 13.1. The van der Waals surface area contributed by atoms with Gasteiger partial charge in [-0.1, -0.05) is 6.08 Å². The van der Waals surface area contributed by atoms with Gasteiger partial charge in [-0.2, -0.15) is 5.10 Å². The van der Waals surface area contributed by atoms with Gasteiger partial charge < -0.3 is 29.7 Å². The number of carbonyl (C=O) groups excluding carboxylic acids is 1. The summed E-state index contributed by atoms with van der Waals surface area (Å²) in [6, 6.07) is 8.88. The third-order valence-electron chi connectivity index (χ3n) is 9.22. The molecule has 2 N–H and O–H groups in total. The number of benzene rings is 2. The molecule has 0 spiro atoms. The van der Waals surface area contributed by atoms with E-state index < -0.39 is 24.5 Å². The Labute approximate surface area is 298 Å². The second-order valence-electron chi connectivity index (χ2n) is 13.1. The predicted octanol–water partition coefficient (Wildman–Crippen LogP) is 5.62. The molecular formula is C36H40F2N10O4. The topological polar surface area (TPSA) is 144 Å². The Morgan fingerprint density at radius 2 is 1.92 bits per heavy atom. The number of alkyl halides is 2. The third kappa shape index (κ3) is 7.43. The summed E-state index contributed by atoms with van der Waals surface area (Å²) < 4.78 is 50.9. The highest BCUT2D eigenvalue weighted by atomic mass is 19.3. The summed E-state index contributed by atoms with van der Waals surface area (Å²) in [6.07, 6.45) is 8.18. The van der Waals surface area contributed by atoms with Crippen molar-refractivity contribution in [2.45, 2.75) is 51.2 Å². The van der Waals surface area contributed by atoms with Crippen LogP contribution in [0.15, 0.2) is 61.5 Å². The van der Waals surface area contributed by atoms with Gasteiger partial charge in [0, 0.05) is 42.9 Å². The van der Waals surface area contributed by atoms with Crippen LogP contribution in [0.25, 0.3) is 16.6 Å². The fraction of sp³-hybridized carbons (Fsp3) is 0.389. The molecule has 5 aromatic rings. The zero-order chi connectivity index (χ0) is 36.4. The van der Waals surface area contributed by atoms with Gasteiger partial charge in [0.2, 0.25) is 11.8 Å². The minimum absolute atomic E-state index is 0.00960. The number of hydrogen-bond donors (Lipinski definition) is 2. The minimum Gasteiger partial charge on any atom is -0.491 e. The van der Waals surface area contributed by atoms with Crippen LogP contribution in [0.3, 0.4) is 0 Å². The fourth-order valence-corrected chi connectivity index (χ4v) is 6.54. The highest BCUT2D eigenvalue weighted by molar-refractivity contribution is 6.08. The average molecular weight is 715 g/mol. The molecule has 2 aliphatic rings. The standard InChI is InChI=1S/C36H40F2N10O4/c1-5-50-27-16-25-32(34(52-28-12-14-46(3)18-36(28,37)38)33(27)45-30(49)11-9-24-7-6-13-47(24)4)35(41-19-39-25)44-23-8-10-26(22(2)15-23)51-31-17-29-40-20-43-48(29)21-42-31/h8-11,15-17,19-21,24,28H,5-7,12-14,18H2,1-4H3,(H,45,49)(H,39,41,44)/b11-9+/t24-,28-/m1/s1. The molecular weight excluding hydrogens is 674 g/mol. The molecule has 0 unspecified atom stereocenters. The summed E-state index contributed by atoms with van der Waals surface area (Å²) in [6.45, 7) is 4.79. The van der Waals surface area contributed by atoms with Crippen LogP contribution in [0.1, 0.15) is 31.7 Å². The predicted molar refractivity (Wildman–Crippen MR) is 191 cm³/mol. The van der Waals surface area contributed by atoms with E-state index in [1.54, 1.807) is 43.1 Å². The average Bonchev–Trinajstić information content (AvgIpc) is 3.75. The van der Waals surface area contributed by atoms with E-state index >= 15 is 8.78 Å². The molecule has 0 aliphatic carbocycles. The van der Waals surface area contributed by atoms with Crippen LogP contribution in [-0.2, 0) is 4.79 Å². The third-order valence-corrected chi connectivity index (χ3v) is 9.22. The van der Waals surface area contributed by atoms with E-state index in [0.29, 0.717) is 40.4 Å². The van der Waals surface area contributed by atoms with Crippen molar-refractivity contribution in [1.82, 2.24) is 39.3 Å². The molecule has 52 heavy (non-hydrogen) atoms. The van der Waals surface area contributed by atoms with Crippen molar-refractivity contribution in [2.75, 3.05) is 51.0 Å². The van der Waals surface area contributed by atoms with Gasteiger partial charge in [-0.15, -0.1) is 0 Å². The van der Waals surface area contributed by atoms with Crippen LogP contribution in [-0.4, -0.2) is 104 Å². The maximum atomic E-state index is 15.6. The van der Waals surface area contributed by atoms with Gasteiger partial charge in [-0.05, 0) is 71.1 Å². The molecule has 1 amide bonds. The Hall–Kier alpha value is -5.48. The Morgan fingerprint density at radius 1 is 1.06 bits per heavy atom. The number of aromatic nitrogens is 6. The second kappa shape index (κ2) is 14.6. The maximum Gasteiger partial charge on any atom is 0.296 e. The summed E-state index contributed by atoms with van der Waals surface area (Å²) >= 11 is 0. The Morgan fingerprint density at radius 3 is 2.69 bits per heavy atom. The molecule has 0 radical (unpaired) electrons. The van der Waals surface area contributed by atoms with Crippen LogP contribution in [0, 0.1) is 6.92 Å². The van der Waals surface area contributed by atoms with Crippen LogP contribution in [0.4, 0.5) is 26.0 Å². The highest BCUT2D eigenvalue weighted by Gasteiger charge is 2.46. The number of nitrogens with one attached hydrogen (secondary N) is 2. The number of likely N-dealkylation sites (N-methyl/N-ethyl adjacent to an activating group) is 1. The Kier molecular flexibility index (Phi) is 9.83. The summed E-state index contributed by atoms with van der Waals surface area (Å²) in [5.74, 6) is -2.21. The Bertz CT molecular complexity index is 2130. The molecule has 2 atom stereocenters. The van der Waals surface area contributed by atoms with Gasteiger partial charge in [0.05, 0.1) is 24.1 Å². The number of halogens is 2. The molecule has 16 heteroatoms. The number of piperidine rings is 1. The van der Waals surface area contributed by atoms with E-state index in [-0.39, 0.29) is 42.1 Å². The van der Waals surface area contributed by atoms with Gasteiger partial charge >= 0.3 is 0 Å². The molecule has 2 fully saturated rings. The molecule has 0 bridgehead atoms. The SMILES string of the molecule is CCOc1cc2ncnc(Nc3ccc(Oc4cc5ncnn5cn4)c(C)c3)c2c(O[C@@H]2CCN(C)CC2(F)F)c1NC(=O)/C=C/[C@H]1CCCN1C. The summed E-state index contributed by atoms with van der Waals surface area (Å²) in [5, 5.41) is 10.6. The van der Waals surface area contributed by atoms with Crippen molar-refractivity contribution >= 4 is 39.6 Å². The van der Waals surface area contributed by atoms with E-state index in [9.17, 15) is 4.79 Å². The van der Waals surface area contributed by atoms with Gasteiger partial charge in [0.25, 0.3) is 5.92 Å². The number of nitrogens with zero attached hydrogens (tertiary/aromatic N) is 8. The molecule has 272 valence electrons. The first-order valence-corrected chi connectivity index (χ1v) is 17.2. The lowest BCUT2D eigenvalue weighted by molar-refractivity contribution is -0.134. The number of hydrogen-bond acceptors (Lipinski definition) is 12. The number of rotatable bonds is 11. The first-order chi connectivity index (χ1) is 25.1. The zero-order valence-electron chi connectivity index (χ0n) is 29.3. The number of carbonyl (C=O) groups is 1. The number of likely N-dealkylation sites (tertiary alicyclic amines) is 2. The molecule has 3 aromatic heterocycles. The van der Waals surface area contributed by atoms with Crippen molar-refractivity contribution in [3.63, 3.8) is 0 Å². The molecule has 2 saturated heterocycles. The normalized spacial score (nSPS) is 19.3. The molecule has 7 rings (SSSR count). The number of anilines is 3. The van der Waals surface area contributed by atoms with E-state index in [2.05, 4.69) is 40.6 Å². The van der Waals surface area contributed by atoms with Crippen molar-refractivity contribution in [1.29, 1.82) is 0 Å². The summed E-state index contributed by atoms with van der Waals surface area (Å²) in [7, 11) is 3.66. The highest BCUT2D eigenvalue weighted by Crippen LogP contribution is 2.46. The lowest BCUT2D eigenvalue weighted by Gasteiger charge is -2.37. The summed E-state index contributed by atoms with van der Waals surface area (Å²) in [4.78, 5) is 34.6. The lowest BCUT2D eigenvalue weighted by atomic mass is 10.0. The van der Waals surface area contributed by atoms with Gasteiger partial charge in [-0.3, -0.25) is 9.69 Å². The number of amides is 1. The van der Waals surface area contributed by atoms with Crippen molar-refractivity contribution in [3.05, 3.63) is 67.0 Å². The van der Waals surface area contributed by atoms with Gasteiger partial charge in [-0.25, -0.2) is 33.2 Å². The molecule has 5 heterocycles. The first kappa shape index (κ1) is 34.9. The Balaban J connectivity index is 1.26. The van der Waals surface area contributed by atoms with E-state index in [0.717, 1.165) is 24.9 Å². The largest absolute Gasteiger partial charge is 0.491 e. The quantitative estimate of drug-likeness (QED) is 0.164. The van der Waals surface area contributed by atoms with Gasteiger partial charge in [0.15, 0.2) is 17.5 Å². The summed E-state index contributed by atoms with van der Waals surface area (Å²) in [5.41, 5.74) is 2.49. The van der Waals surface area contributed by atoms with E-state index in [1.807, 2.05) is 26.1 Å². The van der Waals surface area contributed by atoms with Crippen LogP contribution < -0.4 is 24.8 Å². The molecule has 2 aliphatic heterocycles. The van der Waals surface area contributed by atoms with Crippen LogP contribution in [0.5, 0.6) is 23.1 Å². The minimum atomic E-state index is -3.18. The zero-order valence-corrected chi connectivity index (χ0v) is 29.3. The van der Waals surface area contributed by atoms with E-state index in [4.69, 9.17) is 14.2 Å². The fourth-order valence-electron chi connectivity index (χ4n) is 6.54. The number of ether oxygens (including phenoxy) is 3. The molecule has 0 saturated carbocycles. The van der Waals surface area contributed by atoms with Crippen molar-refractivity contribution < 1.29 is 27.8 Å². The lowest BCUT2D eigenvalue weighted by Crippen LogP contribution is -2.52. The van der Waals surface area contributed by atoms with Crippen LogP contribution in [0.2, 0.25) is 0 Å². The van der Waals surface area contributed by atoms with Gasteiger partial charge in [0.1, 0.15) is 42.0 Å². The molecule has 14 nitrogen and oxygen atoms in total. The van der Waals surface area contributed by atoms with Crippen molar-refractivity contribution in [3.8, 4) is 23.1 Å². The molecule has 2 aromatic carbocycles. The van der Waals surface area contributed by atoms with Crippen molar-refractivity contribution in [2.24, 2.45) is 0 Å². The smallest absolute Gasteiger partial charge is 0.296 e. The number of fused-ring (bicyclic) bond motifs is 2. The monoisotopic (exact) mass is 714 g/mol. The first-order valence-electron chi connectivity index (χ1n) is 17.2. The maximum absolute atomic E-state index is 15.6. The van der Waals surface area contributed by atoms with Crippen LogP contribution >= 0.6 is 0 Å². The van der Waals surface area contributed by atoms with E-state index in [1.165, 1.54) is 29.6 Å².